The summed E-state index contributed by atoms with van der Waals surface area (Å²) in [4.78, 5) is 0. The number of aliphatic hydroxyl groups is 1. The summed E-state index contributed by atoms with van der Waals surface area (Å²) in [5.74, 6) is 0. The van der Waals surface area contributed by atoms with Crippen molar-refractivity contribution in [2.24, 2.45) is 0 Å². The summed E-state index contributed by atoms with van der Waals surface area (Å²) in [7, 11) is 0. The van der Waals surface area contributed by atoms with E-state index in [1.165, 1.54) is 5.56 Å². The molecule has 0 bridgehead atoms. The Balaban J connectivity index is 1.71. The van der Waals surface area contributed by atoms with Gasteiger partial charge in [-0.15, -0.1) is 0 Å². The van der Waals surface area contributed by atoms with Crippen LogP contribution in [0.25, 0.3) is 0 Å². The third-order valence-electron chi connectivity index (χ3n) is 2.82. The average Bonchev–Trinajstić information content (AvgIpc) is 2.61. The van der Waals surface area contributed by atoms with Crippen molar-refractivity contribution in [1.29, 1.82) is 0 Å². The third kappa shape index (κ3) is 3.49. The molecular weight excluding hydrogens is 223 g/mol. The summed E-state index contributed by atoms with van der Waals surface area (Å²) in [5, 5.41) is 9.06. The lowest BCUT2D eigenvalue weighted by molar-refractivity contribution is -0.126. The molecule has 0 aromatic heterocycles. The Bertz CT molecular complexity index is 342. The molecule has 2 rings (SSSR count). The Labute approximate surface area is 100 Å². The Morgan fingerprint density at radius 2 is 2.12 bits per heavy atom. The monoisotopic (exact) mass is 240 g/mol. The first-order chi connectivity index (χ1) is 8.15. The molecule has 3 atom stereocenters. The molecule has 1 saturated heterocycles. The summed E-state index contributed by atoms with van der Waals surface area (Å²) in [6.45, 7) is 2.82. The number of aryl methyl sites for hydroxylation is 1. The normalized spacial score (nSPS) is 28.5. The van der Waals surface area contributed by atoms with Crippen molar-refractivity contribution in [3.63, 3.8) is 0 Å². The zero-order chi connectivity index (χ0) is 12.3. The van der Waals surface area contributed by atoms with Crippen molar-refractivity contribution in [3.05, 3.63) is 35.4 Å². The predicted octanol–water partition coefficient (Wildman–Crippen LogP) is 1.96. The largest absolute Gasteiger partial charge is 0.374 e. The number of hydrogen-bond acceptors (Lipinski definition) is 3. The van der Waals surface area contributed by atoms with Gasteiger partial charge in [-0.25, -0.2) is 4.39 Å². The molecule has 1 aromatic carbocycles. The van der Waals surface area contributed by atoms with Crippen LogP contribution >= 0.6 is 0 Å². The first kappa shape index (κ1) is 12.5. The summed E-state index contributed by atoms with van der Waals surface area (Å²) >= 11 is 0. The first-order valence-corrected chi connectivity index (χ1v) is 5.76. The van der Waals surface area contributed by atoms with Gasteiger partial charge in [-0.1, -0.05) is 29.8 Å². The lowest BCUT2D eigenvalue weighted by Crippen LogP contribution is -2.17. The van der Waals surface area contributed by atoms with Gasteiger partial charge < -0.3 is 14.6 Å². The van der Waals surface area contributed by atoms with E-state index in [0.717, 1.165) is 5.56 Å². The number of ether oxygens (including phenoxy) is 2. The molecular formula is C13H17FO3. The van der Waals surface area contributed by atoms with Crippen LogP contribution in [0, 0.1) is 6.92 Å². The molecule has 17 heavy (non-hydrogen) atoms. The van der Waals surface area contributed by atoms with Crippen LogP contribution in [0.4, 0.5) is 4.39 Å². The van der Waals surface area contributed by atoms with Gasteiger partial charge in [0.05, 0.1) is 19.3 Å². The smallest absolute Gasteiger partial charge is 0.186 e. The van der Waals surface area contributed by atoms with Crippen LogP contribution in [-0.4, -0.2) is 30.3 Å². The minimum atomic E-state index is -1.29. The molecule has 4 heteroatoms. The second-order valence-electron chi connectivity index (χ2n) is 4.40. The second kappa shape index (κ2) is 5.58. The Morgan fingerprint density at radius 1 is 1.41 bits per heavy atom. The van der Waals surface area contributed by atoms with Crippen molar-refractivity contribution >= 4 is 0 Å². The number of hydrogen-bond donors (Lipinski definition) is 1. The van der Waals surface area contributed by atoms with E-state index in [1.54, 1.807) is 0 Å². The molecule has 0 spiro atoms. The fourth-order valence-corrected chi connectivity index (χ4v) is 1.81. The van der Waals surface area contributed by atoms with E-state index in [2.05, 4.69) is 0 Å². The van der Waals surface area contributed by atoms with Crippen LogP contribution in [-0.2, 0) is 16.1 Å². The molecule has 1 fully saturated rings. The maximum atomic E-state index is 12.9. The van der Waals surface area contributed by atoms with Crippen LogP contribution in [0.3, 0.4) is 0 Å². The maximum absolute atomic E-state index is 12.9. The Hall–Kier alpha value is -0.970. The molecule has 1 aliphatic rings. The van der Waals surface area contributed by atoms with Crippen LogP contribution in [0.1, 0.15) is 17.5 Å². The summed E-state index contributed by atoms with van der Waals surface area (Å²) < 4.78 is 23.4. The second-order valence-corrected chi connectivity index (χ2v) is 4.40. The van der Waals surface area contributed by atoms with Gasteiger partial charge in [-0.2, -0.15) is 0 Å². The van der Waals surface area contributed by atoms with Crippen molar-refractivity contribution in [2.75, 3.05) is 6.61 Å². The Morgan fingerprint density at radius 3 is 2.71 bits per heavy atom. The van der Waals surface area contributed by atoms with Crippen molar-refractivity contribution in [2.45, 2.75) is 38.5 Å². The SMILES string of the molecule is Cc1ccc(COCC2CC(F)C(O)O2)cc1. The first-order valence-electron chi connectivity index (χ1n) is 5.76. The summed E-state index contributed by atoms with van der Waals surface area (Å²) in [6, 6.07) is 8.04. The molecule has 0 amide bonds. The molecule has 0 radical (unpaired) electrons. The number of benzene rings is 1. The molecule has 1 heterocycles. The van der Waals surface area contributed by atoms with Gasteiger partial charge in [0.2, 0.25) is 0 Å². The van der Waals surface area contributed by atoms with Gasteiger partial charge in [-0.3, -0.25) is 0 Å². The topological polar surface area (TPSA) is 38.7 Å². The Kier molecular flexibility index (Phi) is 4.10. The quantitative estimate of drug-likeness (QED) is 0.874. The fraction of sp³-hybridized carbons (Fsp3) is 0.538. The number of aliphatic hydroxyl groups excluding tert-OH is 1. The van der Waals surface area contributed by atoms with Crippen LogP contribution in [0.15, 0.2) is 24.3 Å². The van der Waals surface area contributed by atoms with E-state index >= 15 is 0 Å². The van der Waals surface area contributed by atoms with Gasteiger partial charge in [0, 0.05) is 6.42 Å². The molecule has 1 aromatic rings. The highest BCUT2D eigenvalue weighted by atomic mass is 19.1. The van der Waals surface area contributed by atoms with Crippen molar-refractivity contribution in [3.8, 4) is 0 Å². The zero-order valence-corrected chi connectivity index (χ0v) is 9.80. The standard InChI is InChI=1S/C13H17FO3/c1-9-2-4-10(5-3-9)7-16-8-11-6-12(14)13(15)17-11/h2-5,11-13,15H,6-8H2,1H3. The van der Waals surface area contributed by atoms with E-state index < -0.39 is 12.5 Å². The van der Waals surface area contributed by atoms with Gasteiger partial charge in [-0.05, 0) is 12.5 Å². The minimum Gasteiger partial charge on any atom is -0.374 e. The number of halogens is 1. The highest BCUT2D eigenvalue weighted by molar-refractivity contribution is 5.20. The van der Waals surface area contributed by atoms with Gasteiger partial charge in [0.15, 0.2) is 12.5 Å². The van der Waals surface area contributed by atoms with Gasteiger partial charge in [0.25, 0.3) is 0 Å². The van der Waals surface area contributed by atoms with Crippen LogP contribution in [0.5, 0.6) is 0 Å². The van der Waals surface area contributed by atoms with Gasteiger partial charge in [0.1, 0.15) is 0 Å². The van der Waals surface area contributed by atoms with E-state index in [-0.39, 0.29) is 12.5 Å². The number of rotatable bonds is 4. The fourth-order valence-electron chi connectivity index (χ4n) is 1.81. The molecule has 1 aliphatic heterocycles. The van der Waals surface area contributed by atoms with E-state index in [4.69, 9.17) is 14.6 Å². The van der Waals surface area contributed by atoms with E-state index in [0.29, 0.717) is 13.2 Å². The highest BCUT2D eigenvalue weighted by Crippen LogP contribution is 2.21. The van der Waals surface area contributed by atoms with Crippen molar-refractivity contribution in [1.82, 2.24) is 0 Å². The highest BCUT2D eigenvalue weighted by Gasteiger charge is 2.33. The van der Waals surface area contributed by atoms with Gasteiger partial charge >= 0.3 is 0 Å². The predicted molar refractivity (Wildman–Crippen MR) is 61.2 cm³/mol. The van der Waals surface area contributed by atoms with E-state index in [9.17, 15) is 4.39 Å². The molecule has 0 aliphatic carbocycles. The lowest BCUT2D eigenvalue weighted by Gasteiger charge is -2.10. The summed E-state index contributed by atoms with van der Waals surface area (Å²) in [6.07, 6.45) is -2.72. The number of alkyl halides is 1. The lowest BCUT2D eigenvalue weighted by atomic mass is 10.2. The van der Waals surface area contributed by atoms with E-state index in [1.807, 2.05) is 31.2 Å². The zero-order valence-electron chi connectivity index (χ0n) is 9.80. The maximum Gasteiger partial charge on any atom is 0.186 e. The average molecular weight is 240 g/mol. The molecule has 3 nitrogen and oxygen atoms in total. The van der Waals surface area contributed by atoms with Crippen molar-refractivity contribution < 1.29 is 19.0 Å². The molecule has 3 unspecified atom stereocenters. The van der Waals surface area contributed by atoms with Crippen LogP contribution < -0.4 is 0 Å². The minimum absolute atomic E-state index is 0.203. The van der Waals surface area contributed by atoms with Crippen LogP contribution in [0.2, 0.25) is 0 Å². The third-order valence-corrected chi connectivity index (χ3v) is 2.82. The molecule has 94 valence electrons. The molecule has 0 saturated carbocycles. The summed E-state index contributed by atoms with van der Waals surface area (Å²) in [5.41, 5.74) is 2.28. The molecule has 1 N–H and O–H groups in total.